The first-order valence-corrected chi connectivity index (χ1v) is 5.75. The topological polar surface area (TPSA) is 25.8 Å². The van der Waals surface area contributed by atoms with Gasteiger partial charge in [-0.05, 0) is 16.9 Å². The molecule has 16 heavy (non-hydrogen) atoms. The van der Waals surface area contributed by atoms with Gasteiger partial charge in [0.05, 0.1) is 5.52 Å². The number of nitrogens with zero attached hydrogens (tertiary/aromatic N) is 2. The zero-order chi connectivity index (χ0) is 11.1. The van der Waals surface area contributed by atoms with E-state index in [2.05, 4.69) is 50.5 Å². The number of rotatable bonds is 0. The Labute approximate surface area is 102 Å². The molecule has 0 spiro atoms. The van der Waals surface area contributed by atoms with Crippen LogP contribution in [0.5, 0.6) is 0 Å². The van der Waals surface area contributed by atoms with Crippen LogP contribution in [0.3, 0.4) is 0 Å². The highest BCUT2D eigenvalue weighted by molar-refractivity contribution is 6.37. The lowest BCUT2D eigenvalue weighted by Gasteiger charge is -2.06. The number of hydrogen-bond acceptors (Lipinski definition) is 2. The first kappa shape index (κ1) is 9.77. The molecule has 74 valence electrons. The minimum atomic E-state index is 0.814. The minimum absolute atomic E-state index is 0.814. The average molecular weight is 220 g/mol. The minimum Gasteiger partial charge on any atom is -0.259 e. The molecule has 0 fully saturated rings. The molecule has 3 rings (SSSR count). The third-order valence-corrected chi connectivity index (χ3v) is 3.17. The number of benzene rings is 2. The Morgan fingerprint density at radius 1 is 0.938 bits per heavy atom. The lowest BCUT2D eigenvalue weighted by molar-refractivity contribution is 1.12. The highest BCUT2D eigenvalue weighted by Gasteiger charge is 2.04. The molecule has 2 nitrogen and oxygen atoms in total. The van der Waals surface area contributed by atoms with E-state index in [1.54, 1.807) is 0 Å². The molecule has 0 N–H and O–H groups in total. The number of hydrogen-bond donors (Lipinski definition) is 0. The van der Waals surface area contributed by atoms with E-state index < -0.39 is 0 Å². The Balaban J connectivity index is 2.59. The summed E-state index contributed by atoms with van der Waals surface area (Å²) < 4.78 is 0.966. The molecule has 0 saturated carbocycles. The molecular formula is C13H9AlN2. The molecule has 2 aromatic carbocycles. The molecule has 0 aliphatic heterocycles. The van der Waals surface area contributed by atoms with Gasteiger partial charge in [0.15, 0.2) is 0 Å². The molecule has 0 amide bonds. The fourth-order valence-corrected chi connectivity index (χ4v) is 2.42. The van der Waals surface area contributed by atoms with E-state index in [1.165, 1.54) is 10.8 Å². The van der Waals surface area contributed by atoms with E-state index in [9.17, 15) is 0 Å². The molecule has 2 radical (unpaired) electrons. The summed E-state index contributed by atoms with van der Waals surface area (Å²) >= 11 is 2.68. The van der Waals surface area contributed by atoms with Gasteiger partial charge in [-0.2, -0.15) is 0 Å². The van der Waals surface area contributed by atoms with Crippen LogP contribution in [-0.2, 0) is 0 Å². The van der Waals surface area contributed by atoms with Gasteiger partial charge in [-0.15, -0.1) is 0 Å². The van der Waals surface area contributed by atoms with Crippen molar-refractivity contribution in [3.05, 3.63) is 42.2 Å². The summed E-state index contributed by atoms with van der Waals surface area (Å²) in [5, 5.41) is 3.51. The van der Waals surface area contributed by atoms with E-state index in [1.807, 2.05) is 19.1 Å². The van der Waals surface area contributed by atoms with Crippen molar-refractivity contribution in [2.24, 2.45) is 0 Å². The Hall–Kier alpha value is -1.43. The largest absolute Gasteiger partial charge is 0.259 e. The molecule has 1 heterocycles. The van der Waals surface area contributed by atoms with Crippen LogP contribution in [0.2, 0.25) is 0 Å². The monoisotopic (exact) mass is 220 g/mol. The van der Waals surface area contributed by atoms with Crippen LogP contribution in [0.25, 0.3) is 21.7 Å². The molecule has 0 aliphatic rings. The second kappa shape index (κ2) is 3.55. The predicted octanol–water partition coefficient (Wildman–Crippen LogP) is 1.89. The van der Waals surface area contributed by atoms with Gasteiger partial charge in [-0.25, -0.2) is 4.98 Å². The van der Waals surface area contributed by atoms with Gasteiger partial charge < -0.3 is 0 Å². The van der Waals surface area contributed by atoms with Crippen molar-refractivity contribution in [1.82, 2.24) is 9.97 Å². The molecule has 0 bridgehead atoms. The molecular weight excluding hydrogens is 211 g/mol. The number of fused-ring (bicyclic) bond motifs is 3. The summed E-state index contributed by atoms with van der Waals surface area (Å²) in [6.07, 6.45) is 0. The first-order valence-electron chi connectivity index (χ1n) is 5.17. The molecule has 1 aromatic heterocycles. The van der Waals surface area contributed by atoms with Crippen LogP contribution >= 0.6 is 0 Å². The van der Waals surface area contributed by atoms with Crippen LogP contribution in [0.1, 0.15) is 5.82 Å². The van der Waals surface area contributed by atoms with Crippen LogP contribution < -0.4 is 4.56 Å². The van der Waals surface area contributed by atoms with Crippen molar-refractivity contribution in [3.8, 4) is 0 Å². The smallest absolute Gasteiger partial charge is 0.211 e. The van der Waals surface area contributed by atoms with Gasteiger partial charge in [0, 0.05) is 10.8 Å². The summed E-state index contributed by atoms with van der Waals surface area (Å²) in [6.45, 7) is 1.93. The van der Waals surface area contributed by atoms with Crippen molar-refractivity contribution in [3.63, 3.8) is 0 Å². The Morgan fingerprint density at radius 3 is 2.62 bits per heavy atom. The van der Waals surface area contributed by atoms with Crippen molar-refractivity contribution >= 4 is 42.5 Å². The maximum Gasteiger partial charge on any atom is 0.211 e. The molecule has 0 atom stereocenters. The van der Waals surface area contributed by atoms with E-state index in [0.29, 0.717) is 0 Å². The average Bonchev–Trinajstić information content (AvgIpc) is 2.28. The normalized spacial score (nSPS) is 11.1. The Morgan fingerprint density at radius 2 is 1.75 bits per heavy atom. The van der Waals surface area contributed by atoms with Crippen LogP contribution in [0.15, 0.2) is 36.4 Å². The zero-order valence-electron chi connectivity index (χ0n) is 8.94. The lowest BCUT2D eigenvalue weighted by atomic mass is 10.1. The Kier molecular flexibility index (Phi) is 2.17. The third-order valence-electron chi connectivity index (χ3n) is 2.73. The van der Waals surface area contributed by atoms with E-state index in [-0.39, 0.29) is 0 Å². The van der Waals surface area contributed by atoms with E-state index >= 15 is 0 Å². The van der Waals surface area contributed by atoms with E-state index in [0.717, 1.165) is 21.3 Å². The fourth-order valence-electron chi connectivity index (χ4n) is 2.00. The van der Waals surface area contributed by atoms with Gasteiger partial charge in [-0.1, -0.05) is 36.4 Å². The standard InChI is InChI=1S/C13H9N2.Al/c1-9-14-8-11-7-6-10-4-2-3-5-12(10)13(11)15-9;/h2-7H,1H3;. The zero-order valence-corrected chi connectivity index (χ0v) is 10.1. The van der Waals surface area contributed by atoms with Gasteiger partial charge in [0.1, 0.15) is 5.82 Å². The molecule has 3 heteroatoms. The molecule has 0 unspecified atom stereocenters. The van der Waals surface area contributed by atoms with Crippen LogP contribution in [0, 0.1) is 6.92 Å². The van der Waals surface area contributed by atoms with Crippen molar-refractivity contribution < 1.29 is 0 Å². The molecule has 0 saturated heterocycles. The van der Waals surface area contributed by atoms with Gasteiger partial charge >= 0.3 is 0 Å². The van der Waals surface area contributed by atoms with Gasteiger partial charge in [0.2, 0.25) is 16.3 Å². The summed E-state index contributed by atoms with van der Waals surface area (Å²) in [4.78, 5) is 8.90. The SMILES string of the molecule is Cc1n[c]([Al])c2ccc3ccccc3c2n1. The van der Waals surface area contributed by atoms with Crippen molar-refractivity contribution in [2.75, 3.05) is 0 Å². The van der Waals surface area contributed by atoms with Crippen LogP contribution in [0.4, 0.5) is 0 Å². The van der Waals surface area contributed by atoms with Crippen LogP contribution in [-0.4, -0.2) is 26.3 Å². The number of aryl methyl sites for hydroxylation is 1. The maximum atomic E-state index is 4.54. The highest BCUT2D eigenvalue weighted by atomic mass is 27.0. The fraction of sp³-hybridized carbons (Fsp3) is 0.0769. The first-order chi connectivity index (χ1) is 7.75. The van der Waals surface area contributed by atoms with Gasteiger partial charge in [-0.3, -0.25) is 4.98 Å². The second-order valence-electron chi connectivity index (χ2n) is 3.84. The molecule has 0 aliphatic carbocycles. The highest BCUT2D eigenvalue weighted by Crippen LogP contribution is 2.21. The summed E-state index contributed by atoms with van der Waals surface area (Å²) in [6, 6.07) is 12.5. The van der Waals surface area contributed by atoms with Gasteiger partial charge in [0.25, 0.3) is 0 Å². The third kappa shape index (κ3) is 1.41. The summed E-state index contributed by atoms with van der Waals surface area (Å²) in [7, 11) is 0. The second-order valence-corrected chi connectivity index (χ2v) is 4.39. The van der Waals surface area contributed by atoms with E-state index in [4.69, 9.17) is 0 Å². The quantitative estimate of drug-likeness (QED) is 0.427. The maximum absolute atomic E-state index is 4.54. The summed E-state index contributed by atoms with van der Waals surface area (Å²) in [5.41, 5.74) is 1.04. The lowest BCUT2D eigenvalue weighted by Crippen LogP contribution is -2.12. The van der Waals surface area contributed by atoms with Crippen molar-refractivity contribution in [2.45, 2.75) is 6.92 Å². The molecule has 3 aromatic rings. The number of aromatic nitrogens is 2. The Bertz CT molecular complexity index is 692. The van der Waals surface area contributed by atoms with Crippen molar-refractivity contribution in [1.29, 1.82) is 0 Å². The predicted molar refractivity (Wildman–Crippen MR) is 67.2 cm³/mol. The summed E-state index contributed by atoms with van der Waals surface area (Å²) in [5.74, 6) is 0.814.